The maximum absolute atomic E-state index is 12.0. The van der Waals surface area contributed by atoms with Gasteiger partial charge in [-0.05, 0) is 25.5 Å². The topological polar surface area (TPSA) is 84.9 Å². The maximum Gasteiger partial charge on any atom is 0.325 e. The molecule has 0 unspecified atom stereocenters. The van der Waals surface area contributed by atoms with Gasteiger partial charge >= 0.3 is 5.97 Å². The molecule has 6 nitrogen and oxygen atoms in total. The molecule has 1 amide bonds. The van der Waals surface area contributed by atoms with Gasteiger partial charge in [0, 0.05) is 5.56 Å². The lowest BCUT2D eigenvalue weighted by atomic mass is 10.1. The molecule has 0 spiro atoms. The minimum absolute atomic E-state index is 0.206. The molecule has 0 saturated carbocycles. The van der Waals surface area contributed by atoms with Crippen LogP contribution in [0.1, 0.15) is 37.0 Å². The molecule has 0 saturated heterocycles. The highest BCUT2D eigenvalue weighted by molar-refractivity contribution is 6.32. The van der Waals surface area contributed by atoms with Crippen LogP contribution in [0.4, 0.5) is 0 Å². The molecule has 0 aliphatic heterocycles. The third kappa shape index (κ3) is 4.80. The fourth-order valence-corrected chi connectivity index (χ4v) is 1.92. The van der Waals surface area contributed by atoms with E-state index in [0.717, 1.165) is 12.8 Å². The molecule has 1 aromatic carbocycles. The third-order valence-corrected chi connectivity index (χ3v) is 3.23. The van der Waals surface area contributed by atoms with Crippen molar-refractivity contribution in [3.8, 4) is 11.5 Å². The molecule has 22 heavy (non-hydrogen) atoms. The van der Waals surface area contributed by atoms with E-state index in [1.54, 1.807) is 0 Å². The predicted octanol–water partition coefficient (Wildman–Crippen LogP) is 2.73. The Morgan fingerprint density at radius 1 is 1.41 bits per heavy atom. The van der Waals surface area contributed by atoms with E-state index >= 15 is 0 Å². The molecule has 0 aliphatic rings. The van der Waals surface area contributed by atoms with E-state index in [-0.39, 0.29) is 10.6 Å². The molecule has 0 aromatic heterocycles. The number of amides is 1. The standard InChI is InChI=1S/C15H20ClNO5/c1-4-5-6-22-13-11(16)7-10(8-12(13)21-3)14(18)17-9(2)15(19)20/h7-9H,4-6H2,1-3H3,(H,17,18)(H,19,20)/t9-/m1/s1. The van der Waals surface area contributed by atoms with Gasteiger partial charge in [0.25, 0.3) is 5.91 Å². The van der Waals surface area contributed by atoms with Crippen LogP contribution in [0.2, 0.25) is 5.02 Å². The van der Waals surface area contributed by atoms with Gasteiger partial charge < -0.3 is 19.9 Å². The lowest BCUT2D eigenvalue weighted by molar-refractivity contribution is -0.138. The Labute approximate surface area is 134 Å². The van der Waals surface area contributed by atoms with Gasteiger partial charge in [-0.15, -0.1) is 0 Å². The zero-order valence-electron chi connectivity index (χ0n) is 12.8. The average molecular weight is 330 g/mol. The van der Waals surface area contributed by atoms with Gasteiger partial charge in [0.05, 0.1) is 18.7 Å². The number of carboxylic acid groups (broad SMARTS) is 1. The Morgan fingerprint density at radius 2 is 2.09 bits per heavy atom. The van der Waals surface area contributed by atoms with Crippen LogP contribution in [0.15, 0.2) is 12.1 Å². The largest absolute Gasteiger partial charge is 0.493 e. The van der Waals surface area contributed by atoms with Crippen LogP contribution in [0.5, 0.6) is 11.5 Å². The molecule has 7 heteroatoms. The van der Waals surface area contributed by atoms with Crippen molar-refractivity contribution in [1.82, 2.24) is 5.32 Å². The van der Waals surface area contributed by atoms with E-state index in [1.807, 2.05) is 6.92 Å². The van der Waals surface area contributed by atoms with Crippen LogP contribution in [-0.2, 0) is 4.79 Å². The number of methoxy groups -OCH3 is 1. The van der Waals surface area contributed by atoms with Crippen molar-refractivity contribution in [2.45, 2.75) is 32.7 Å². The molecule has 1 rings (SSSR count). The number of unbranched alkanes of at least 4 members (excludes halogenated alkanes) is 1. The summed E-state index contributed by atoms with van der Waals surface area (Å²) in [5, 5.41) is 11.4. The fraction of sp³-hybridized carbons (Fsp3) is 0.467. The number of benzene rings is 1. The van der Waals surface area contributed by atoms with Crippen molar-refractivity contribution < 1.29 is 24.2 Å². The number of hydrogen-bond acceptors (Lipinski definition) is 4. The molecule has 0 bridgehead atoms. The first-order valence-electron chi connectivity index (χ1n) is 6.94. The van der Waals surface area contributed by atoms with Gasteiger partial charge in [-0.25, -0.2) is 0 Å². The highest BCUT2D eigenvalue weighted by Crippen LogP contribution is 2.36. The Bertz CT molecular complexity index is 547. The summed E-state index contributed by atoms with van der Waals surface area (Å²) in [6, 6.07) is 1.89. The monoisotopic (exact) mass is 329 g/mol. The van der Waals surface area contributed by atoms with Crippen molar-refractivity contribution in [3.05, 3.63) is 22.7 Å². The Morgan fingerprint density at radius 3 is 2.64 bits per heavy atom. The second-order valence-corrected chi connectivity index (χ2v) is 5.13. The zero-order chi connectivity index (χ0) is 16.7. The second-order valence-electron chi connectivity index (χ2n) is 4.72. The van der Waals surface area contributed by atoms with Crippen LogP contribution in [0.25, 0.3) is 0 Å². The first kappa shape index (κ1) is 18.1. The van der Waals surface area contributed by atoms with E-state index in [9.17, 15) is 9.59 Å². The molecule has 0 fully saturated rings. The summed E-state index contributed by atoms with van der Waals surface area (Å²) in [6.45, 7) is 3.91. The number of carbonyl (C=O) groups is 2. The van der Waals surface area contributed by atoms with E-state index in [0.29, 0.717) is 18.1 Å². The molecule has 122 valence electrons. The molecular formula is C15H20ClNO5. The number of aliphatic carboxylic acids is 1. The van der Waals surface area contributed by atoms with Gasteiger partial charge in [0.2, 0.25) is 0 Å². The number of hydrogen-bond donors (Lipinski definition) is 2. The van der Waals surface area contributed by atoms with Crippen molar-refractivity contribution in [1.29, 1.82) is 0 Å². The Hall–Kier alpha value is -1.95. The minimum Gasteiger partial charge on any atom is -0.493 e. The highest BCUT2D eigenvalue weighted by atomic mass is 35.5. The van der Waals surface area contributed by atoms with E-state index in [2.05, 4.69) is 5.32 Å². The van der Waals surface area contributed by atoms with E-state index in [1.165, 1.54) is 26.2 Å². The lowest BCUT2D eigenvalue weighted by Crippen LogP contribution is -2.38. The minimum atomic E-state index is -1.12. The predicted molar refractivity (Wildman–Crippen MR) is 83.0 cm³/mol. The van der Waals surface area contributed by atoms with Crippen LogP contribution in [0, 0.1) is 0 Å². The van der Waals surface area contributed by atoms with Gasteiger partial charge in [-0.3, -0.25) is 9.59 Å². The SMILES string of the molecule is CCCCOc1c(Cl)cc(C(=O)N[C@H](C)C(=O)O)cc1OC. The Kier molecular flexibility index (Phi) is 6.98. The Balaban J connectivity index is 2.97. The van der Waals surface area contributed by atoms with Gasteiger partial charge in [0.15, 0.2) is 11.5 Å². The molecule has 0 heterocycles. The lowest BCUT2D eigenvalue weighted by Gasteiger charge is -2.15. The van der Waals surface area contributed by atoms with Crippen molar-refractivity contribution in [2.24, 2.45) is 0 Å². The first-order chi connectivity index (χ1) is 10.4. The molecule has 1 aromatic rings. The van der Waals surface area contributed by atoms with Crippen LogP contribution in [0.3, 0.4) is 0 Å². The highest BCUT2D eigenvalue weighted by Gasteiger charge is 2.19. The molecule has 1 atom stereocenters. The van der Waals surface area contributed by atoms with Gasteiger partial charge in [-0.1, -0.05) is 24.9 Å². The van der Waals surface area contributed by atoms with E-state index in [4.69, 9.17) is 26.2 Å². The fourth-order valence-electron chi connectivity index (χ4n) is 1.65. The van der Waals surface area contributed by atoms with Crippen molar-refractivity contribution in [2.75, 3.05) is 13.7 Å². The number of ether oxygens (including phenoxy) is 2. The summed E-state index contributed by atoms with van der Waals surface area (Å²) in [5.41, 5.74) is 0.206. The smallest absolute Gasteiger partial charge is 0.325 e. The van der Waals surface area contributed by atoms with Crippen LogP contribution < -0.4 is 14.8 Å². The average Bonchev–Trinajstić information content (AvgIpc) is 2.48. The van der Waals surface area contributed by atoms with Gasteiger partial charge in [0.1, 0.15) is 6.04 Å². The number of rotatable bonds is 8. The van der Waals surface area contributed by atoms with Crippen LogP contribution in [-0.4, -0.2) is 36.7 Å². The summed E-state index contributed by atoms with van der Waals surface area (Å²) < 4.78 is 10.8. The summed E-state index contributed by atoms with van der Waals surface area (Å²) in [6.07, 6.45) is 1.85. The summed E-state index contributed by atoms with van der Waals surface area (Å²) in [7, 11) is 1.44. The summed E-state index contributed by atoms with van der Waals surface area (Å²) in [4.78, 5) is 22.8. The van der Waals surface area contributed by atoms with Crippen LogP contribution >= 0.6 is 11.6 Å². The molecular weight excluding hydrogens is 310 g/mol. The zero-order valence-corrected chi connectivity index (χ0v) is 13.6. The first-order valence-corrected chi connectivity index (χ1v) is 7.32. The quantitative estimate of drug-likeness (QED) is 0.716. The molecule has 2 N–H and O–H groups in total. The third-order valence-electron chi connectivity index (χ3n) is 2.95. The summed E-state index contributed by atoms with van der Waals surface area (Å²) >= 11 is 6.13. The molecule has 0 aliphatic carbocycles. The van der Waals surface area contributed by atoms with Crippen molar-refractivity contribution in [3.63, 3.8) is 0 Å². The number of halogens is 1. The van der Waals surface area contributed by atoms with E-state index < -0.39 is 17.9 Å². The number of carboxylic acids is 1. The number of nitrogens with one attached hydrogen (secondary N) is 1. The number of carbonyl (C=O) groups excluding carboxylic acids is 1. The summed E-state index contributed by atoms with van der Waals surface area (Å²) in [5.74, 6) is -0.960. The van der Waals surface area contributed by atoms with Gasteiger partial charge in [-0.2, -0.15) is 0 Å². The second kappa shape index (κ2) is 8.48. The molecule has 0 radical (unpaired) electrons. The van der Waals surface area contributed by atoms with Crippen molar-refractivity contribution >= 4 is 23.5 Å². The maximum atomic E-state index is 12.0. The normalized spacial score (nSPS) is 11.6.